The topological polar surface area (TPSA) is 116 Å². The summed E-state index contributed by atoms with van der Waals surface area (Å²) in [5.74, 6) is 2.13. The number of benzene rings is 2. The molecule has 5 heterocycles. The van der Waals surface area contributed by atoms with Gasteiger partial charge in [0.05, 0.1) is 6.04 Å². The van der Waals surface area contributed by atoms with Crippen molar-refractivity contribution in [3.8, 4) is 28.8 Å². The van der Waals surface area contributed by atoms with Gasteiger partial charge in [-0.05, 0) is 0 Å². The van der Waals surface area contributed by atoms with Gasteiger partial charge in [-0.25, -0.2) is 4.79 Å². The molecule has 0 aliphatic carbocycles. The number of rotatable bonds is 7. The fraction of sp³-hybridized carbons (Fsp3) is 0.361. The first-order valence-corrected chi connectivity index (χ1v) is 17.5. The number of carbonyl (C=O) groups excluding carboxylic acids is 2. The van der Waals surface area contributed by atoms with Gasteiger partial charge in [-0.15, -0.1) is 0 Å². The van der Waals surface area contributed by atoms with Crippen LogP contribution in [-0.2, 0) is 9.53 Å². The van der Waals surface area contributed by atoms with Gasteiger partial charge in [-0.3, -0.25) is 4.90 Å². The van der Waals surface area contributed by atoms with Gasteiger partial charge in [0.1, 0.15) is 6.61 Å². The molecule has 2 aromatic heterocycles. The maximum atomic E-state index is 13.9. The second kappa shape index (κ2) is 13.1. The number of carbonyl (C=O) groups is 2. The van der Waals surface area contributed by atoms with Crippen LogP contribution in [0.5, 0.6) is 11.5 Å². The fourth-order valence-electron chi connectivity index (χ4n) is 7.02. The van der Waals surface area contributed by atoms with E-state index in [0.29, 0.717) is 39.3 Å². The molecule has 4 aromatic rings. The molecule has 3 aliphatic rings. The van der Waals surface area contributed by atoms with Crippen LogP contribution in [0.2, 0.25) is 0 Å². The summed E-state index contributed by atoms with van der Waals surface area (Å²) in [6.45, 7) is 7.27. The molecule has 7 rings (SSSR count). The number of para-hydroxylation sites is 1. The van der Waals surface area contributed by atoms with Gasteiger partial charge in [0.15, 0.2) is 0 Å². The molecule has 3 atom stereocenters. The van der Waals surface area contributed by atoms with Crippen molar-refractivity contribution in [3.63, 3.8) is 0 Å². The predicted octanol–water partition coefficient (Wildman–Crippen LogP) is 3.52. The minimum absolute atomic E-state index is 0.0140. The quantitative estimate of drug-likeness (QED) is 0.163. The van der Waals surface area contributed by atoms with Gasteiger partial charge in [0, 0.05) is 19.6 Å². The van der Waals surface area contributed by atoms with Crippen molar-refractivity contribution in [2.45, 2.75) is 44.2 Å². The number of hydrogen-bond acceptors (Lipinski definition) is 8. The summed E-state index contributed by atoms with van der Waals surface area (Å²) in [5, 5.41) is 10.2. The van der Waals surface area contributed by atoms with Crippen molar-refractivity contribution >= 4 is 38.9 Å². The number of piperidine rings is 1. The summed E-state index contributed by atoms with van der Waals surface area (Å²) in [4.78, 5) is 41.5. The Morgan fingerprint density at radius 3 is 2.62 bits per heavy atom. The maximum absolute atomic E-state index is 13.9. The van der Waals surface area contributed by atoms with Crippen molar-refractivity contribution in [3.05, 3.63) is 84.5 Å². The minimum Gasteiger partial charge on any atom is -0.447 e. The van der Waals surface area contributed by atoms with E-state index in [-0.39, 0.29) is 29.5 Å². The number of fused-ring (bicyclic) bond motifs is 2. The van der Waals surface area contributed by atoms with E-state index in [9.17, 15) is 14.9 Å². The van der Waals surface area contributed by atoms with E-state index in [2.05, 4.69) is 20.4 Å². The molecule has 0 bridgehead atoms. The number of imidazole rings is 1. The number of ether oxygens (including phenoxy) is 2. The average molecular weight is 708 g/mol. The summed E-state index contributed by atoms with van der Waals surface area (Å²) in [6, 6.07) is 19.8. The SMILES string of the molecule is CC(C)(C=C(C#N)C(=O)N1CCC[C@@H](c2nc(-c3ccc(Oc4ccccc4)cc3)c3c([AsH2])nccn23)C1)N1CCN2C(=O)OC[C@@H]2C1. The molecule has 246 valence electrons. The standard InChI is InChI=1S/C36H38AsN7O4/c1-36(2,42-17-18-43-27(22-42)23-47-35(43)46)19-26(20-38)34(45)41-15-6-7-25(21-41)33-40-30(31-32(37)39-14-16-44(31)33)24-10-12-29(13-11-24)48-28-8-4-3-5-9-28/h3-5,8-14,16,19,25,27H,6-7,15,17-18,21-23,37H2,1-2H3/t25-,27+/m1/s1. The van der Waals surface area contributed by atoms with Crippen LogP contribution < -0.4 is 9.22 Å². The molecular weight excluding hydrogens is 669 g/mol. The molecule has 2 amide bonds. The molecule has 2 aromatic carbocycles. The fourth-order valence-corrected chi connectivity index (χ4v) is 7.78. The molecule has 3 fully saturated rings. The molecule has 0 spiro atoms. The number of aromatic nitrogens is 3. The van der Waals surface area contributed by atoms with E-state index in [1.165, 1.54) is 16.9 Å². The van der Waals surface area contributed by atoms with E-state index >= 15 is 0 Å². The molecule has 3 aliphatic heterocycles. The van der Waals surface area contributed by atoms with Crippen molar-refractivity contribution in [2.75, 3.05) is 39.3 Å². The molecule has 3 saturated heterocycles. The number of likely N-dealkylation sites (tertiary alicyclic amines) is 1. The molecule has 0 radical (unpaired) electrons. The van der Waals surface area contributed by atoms with Crippen molar-refractivity contribution in [2.24, 2.45) is 0 Å². The van der Waals surface area contributed by atoms with Gasteiger partial charge in [0.25, 0.3) is 0 Å². The van der Waals surface area contributed by atoms with Crippen molar-refractivity contribution in [1.29, 1.82) is 5.26 Å². The molecule has 12 heteroatoms. The number of piperazine rings is 1. The Morgan fingerprint density at radius 1 is 1.08 bits per heavy atom. The smallest absolute Gasteiger partial charge is 0.447 e. The van der Waals surface area contributed by atoms with Crippen LogP contribution in [0.3, 0.4) is 0 Å². The summed E-state index contributed by atoms with van der Waals surface area (Å²) in [6.07, 6.45) is 6.95. The van der Waals surface area contributed by atoms with Crippen molar-refractivity contribution in [1.82, 2.24) is 29.1 Å². The van der Waals surface area contributed by atoms with Crippen LogP contribution in [0.15, 0.2) is 78.6 Å². The van der Waals surface area contributed by atoms with Gasteiger partial charge < -0.3 is 4.74 Å². The first-order valence-electron chi connectivity index (χ1n) is 16.3. The Bertz CT molecular complexity index is 1920. The zero-order valence-electron chi connectivity index (χ0n) is 27.1. The van der Waals surface area contributed by atoms with Crippen molar-refractivity contribution < 1.29 is 19.1 Å². The molecule has 0 N–H and O–H groups in total. The first kappa shape index (κ1) is 31.9. The Hall–Kier alpha value is -4.65. The van der Waals surface area contributed by atoms with E-state index < -0.39 is 5.54 Å². The van der Waals surface area contributed by atoms with Crippen LogP contribution in [-0.4, -0.2) is 109 Å². The Kier molecular flexibility index (Phi) is 8.71. The van der Waals surface area contributed by atoms with Gasteiger partial charge in [0.2, 0.25) is 0 Å². The normalized spacial score (nSPS) is 20.4. The van der Waals surface area contributed by atoms with Crippen LogP contribution in [0.4, 0.5) is 4.79 Å². The zero-order valence-corrected chi connectivity index (χ0v) is 29.5. The average Bonchev–Trinajstić information content (AvgIpc) is 3.69. The Morgan fingerprint density at radius 2 is 1.85 bits per heavy atom. The number of hydrogen-bond donors (Lipinski definition) is 0. The van der Waals surface area contributed by atoms with E-state index in [4.69, 9.17) is 14.5 Å². The van der Waals surface area contributed by atoms with E-state index in [1.54, 1.807) is 22.1 Å². The number of amides is 2. The minimum atomic E-state index is -0.560. The molecule has 0 saturated carbocycles. The second-order valence-electron chi connectivity index (χ2n) is 13.1. The third kappa shape index (κ3) is 6.18. The zero-order chi connectivity index (χ0) is 33.4. The molecule has 1 unspecified atom stereocenters. The first-order chi connectivity index (χ1) is 23.2. The van der Waals surface area contributed by atoms with E-state index in [1.807, 2.05) is 74.6 Å². The van der Waals surface area contributed by atoms with Crippen LogP contribution in [0.25, 0.3) is 16.8 Å². The monoisotopic (exact) mass is 707 g/mol. The summed E-state index contributed by atoms with van der Waals surface area (Å²) < 4.78 is 14.3. The van der Waals surface area contributed by atoms with Gasteiger partial charge in [-0.1, -0.05) is 0 Å². The number of nitriles is 1. The van der Waals surface area contributed by atoms with E-state index in [0.717, 1.165) is 51.4 Å². The number of cyclic esters (lactones) is 1. The molecular formula is C36H38AsN7O4. The predicted molar refractivity (Wildman–Crippen MR) is 183 cm³/mol. The molecule has 11 nitrogen and oxygen atoms in total. The Labute approximate surface area is 288 Å². The summed E-state index contributed by atoms with van der Waals surface area (Å²) in [5.41, 5.74) is 2.34. The van der Waals surface area contributed by atoms with Crippen LogP contribution >= 0.6 is 0 Å². The Balaban J connectivity index is 1.11. The molecule has 48 heavy (non-hydrogen) atoms. The van der Waals surface area contributed by atoms with Gasteiger partial charge in [-0.2, -0.15) is 0 Å². The summed E-state index contributed by atoms with van der Waals surface area (Å²) >= 11 is 1.43. The number of nitrogens with zero attached hydrogens (tertiary/aromatic N) is 7. The summed E-state index contributed by atoms with van der Waals surface area (Å²) in [7, 11) is 0. The van der Waals surface area contributed by atoms with Gasteiger partial charge >= 0.3 is 242 Å². The third-order valence-corrected chi connectivity index (χ3v) is 10.5. The van der Waals surface area contributed by atoms with Crippen LogP contribution in [0, 0.1) is 11.3 Å². The second-order valence-corrected chi connectivity index (χ2v) is 14.2. The third-order valence-electron chi connectivity index (χ3n) is 9.57. The van der Waals surface area contributed by atoms with Crippen LogP contribution in [0.1, 0.15) is 38.4 Å².